The Kier molecular flexibility index (Phi) is 5.16. The van der Waals surface area contributed by atoms with E-state index in [-0.39, 0.29) is 5.56 Å². The Morgan fingerprint density at radius 1 is 1.09 bits per heavy atom. The molecule has 4 saturated carbocycles. The molecule has 176 valence electrons. The van der Waals surface area contributed by atoms with Crippen molar-refractivity contribution in [1.82, 2.24) is 9.78 Å². The molecule has 4 aliphatic carbocycles. The summed E-state index contributed by atoms with van der Waals surface area (Å²) in [5.74, 6) is 2.60. The van der Waals surface area contributed by atoms with Crippen molar-refractivity contribution in [2.45, 2.75) is 90.7 Å². The third kappa shape index (κ3) is 3.38. The van der Waals surface area contributed by atoms with Gasteiger partial charge < -0.3 is 10.2 Å². The number of allylic oxidation sites excluding steroid dienone is 1. The van der Waals surface area contributed by atoms with E-state index in [4.69, 9.17) is 0 Å². The normalized spacial score (nSPS) is 45.6. The maximum Gasteiger partial charge on any atom is 0.338 e. The van der Waals surface area contributed by atoms with E-state index in [1.54, 1.807) is 10.9 Å². The maximum absolute atomic E-state index is 11.2. The van der Waals surface area contributed by atoms with Crippen molar-refractivity contribution in [3.8, 4) is 0 Å². The van der Waals surface area contributed by atoms with Gasteiger partial charge in [-0.1, -0.05) is 26.0 Å². The molecule has 5 nitrogen and oxygen atoms in total. The second-order valence-electron chi connectivity index (χ2n) is 12.4. The first-order valence-electron chi connectivity index (χ1n) is 12.7. The van der Waals surface area contributed by atoms with E-state index in [2.05, 4.69) is 25.5 Å². The summed E-state index contributed by atoms with van der Waals surface area (Å²) in [5, 5.41) is 24.2. The van der Waals surface area contributed by atoms with Crippen molar-refractivity contribution in [1.29, 1.82) is 0 Å². The van der Waals surface area contributed by atoms with Crippen molar-refractivity contribution in [2.75, 3.05) is 0 Å². The van der Waals surface area contributed by atoms with E-state index in [0.29, 0.717) is 29.2 Å². The van der Waals surface area contributed by atoms with Crippen molar-refractivity contribution in [2.24, 2.45) is 40.4 Å². The zero-order valence-electron chi connectivity index (χ0n) is 20.0. The highest BCUT2D eigenvalue weighted by Crippen LogP contribution is 2.68. The fourth-order valence-electron chi connectivity index (χ4n) is 8.98. The second-order valence-corrected chi connectivity index (χ2v) is 12.4. The van der Waals surface area contributed by atoms with Crippen molar-refractivity contribution in [3.63, 3.8) is 0 Å². The third-order valence-corrected chi connectivity index (χ3v) is 10.7. The summed E-state index contributed by atoms with van der Waals surface area (Å²) in [7, 11) is 0. The molecule has 0 aromatic carbocycles. The van der Waals surface area contributed by atoms with Gasteiger partial charge in [-0.2, -0.15) is 5.10 Å². The van der Waals surface area contributed by atoms with Gasteiger partial charge in [0.15, 0.2) is 0 Å². The first-order valence-corrected chi connectivity index (χ1v) is 12.7. The summed E-state index contributed by atoms with van der Waals surface area (Å²) in [5.41, 5.74) is 1.67. The second kappa shape index (κ2) is 7.44. The number of hydrogen-bond donors (Lipinski definition) is 2. The number of nitrogens with zero attached hydrogens (tertiary/aromatic N) is 2. The van der Waals surface area contributed by atoms with Gasteiger partial charge in [0.25, 0.3) is 0 Å². The zero-order valence-corrected chi connectivity index (χ0v) is 20.0. The lowest BCUT2D eigenvalue weighted by atomic mass is 9.44. The number of carbonyl (C=O) groups is 1. The van der Waals surface area contributed by atoms with Gasteiger partial charge in [0, 0.05) is 6.20 Å². The predicted octanol–water partition coefficient (Wildman–Crippen LogP) is 5.55. The van der Waals surface area contributed by atoms with Gasteiger partial charge in [-0.25, -0.2) is 4.79 Å². The SMILES string of the molecule is C=C(Cn1cc(C(=O)O)cn1)[C@H]1CC[C@H]2[C@@H]3CC[C@H]4C[C@](C)(O)CC[C@]4(C)[C@H]3CC[C@]12C. The average Bonchev–Trinajstić information content (AvgIpc) is 3.32. The predicted molar refractivity (Wildman–Crippen MR) is 124 cm³/mol. The van der Waals surface area contributed by atoms with E-state index in [1.807, 2.05) is 6.92 Å². The Hall–Kier alpha value is -1.62. The number of carboxylic acid groups (broad SMARTS) is 1. The average molecular weight is 441 g/mol. The van der Waals surface area contributed by atoms with Crippen LogP contribution in [0.5, 0.6) is 0 Å². The minimum Gasteiger partial charge on any atom is -0.478 e. The number of aliphatic hydroxyl groups is 1. The summed E-state index contributed by atoms with van der Waals surface area (Å²) >= 11 is 0. The third-order valence-electron chi connectivity index (χ3n) is 10.7. The molecule has 0 saturated heterocycles. The number of hydrogen-bond acceptors (Lipinski definition) is 3. The van der Waals surface area contributed by atoms with Gasteiger partial charge in [0.2, 0.25) is 0 Å². The molecule has 1 heterocycles. The molecular weight excluding hydrogens is 400 g/mol. The van der Waals surface area contributed by atoms with Crippen LogP contribution in [0.4, 0.5) is 0 Å². The molecule has 0 spiro atoms. The van der Waals surface area contributed by atoms with Crippen molar-refractivity contribution < 1.29 is 15.0 Å². The van der Waals surface area contributed by atoms with Crippen molar-refractivity contribution >= 4 is 5.97 Å². The smallest absolute Gasteiger partial charge is 0.338 e. The Labute approximate surface area is 192 Å². The molecule has 0 radical (unpaired) electrons. The molecule has 8 atom stereocenters. The number of aromatic carboxylic acids is 1. The molecule has 0 amide bonds. The van der Waals surface area contributed by atoms with Crippen LogP contribution in [0.1, 0.15) is 88.9 Å². The molecule has 5 heteroatoms. The molecule has 0 unspecified atom stereocenters. The fraction of sp³-hybridized carbons (Fsp3) is 0.778. The van der Waals surface area contributed by atoms with E-state index < -0.39 is 11.6 Å². The van der Waals surface area contributed by atoms with Gasteiger partial charge in [-0.15, -0.1) is 0 Å². The summed E-state index contributed by atoms with van der Waals surface area (Å²) in [4.78, 5) is 11.2. The molecule has 0 aliphatic heterocycles. The lowest BCUT2D eigenvalue weighted by Gasteiger charge is -2.62. The highest BCUT2D eigenvalue weighted by atomic mass is 16.4. The monoisotopic (exact) mass is 440 g/mol. The lowest BCUT2D eigenvalue weighted by Crippen LogP contribution is -2.55. The Balaban J connectivity index is 1.32. The molecule has 0 bridgehead atoms. The molecule has 4 aliphatic rings. The van der Waals surface area contributed by atoms with Crippen LogP contribution in [0, 0.1) is 40.4 Å². The van der Waals surface area contributed by atoms with Gasteiger partial charge in [0.05, 0.1) is 23.9 Å². The number of aromatic nitrogens is 2. The van der Waals surface area contributed by atoms with E-state index in [9.17, 15) is 15.0 Å². The van der Waals surface area contributed by atoms with Crippen LogP contribution in [0.15, 0.2) is 24.5 Å². The number of fused-ring (bicyclic) bond motifs is 5. The quantitative estimate of drug-likeness (QED) is 0.602. The van der Waals surface area contributed by atoms with E-state index in [1.165, 1.54) is 56.7 Å². The molecule has 32 heavy (non-hydrogen) atoms. The molecule has 2 N–H and O–H groups in total. The standard InChI is InChI=1S/C27H40N2O3/c1-17(15-29-16-18(14-28-29)24(30)31)21-7-8-22-20-6-5-19-13-25(2,32)11-12-26(19,3)23(20)9-10-27(21,22)4/h14,16,19-23,32H,1,5-13,15H2,2-4H3,(H,30,31)/t19-,20-,21+,22-,23-,25+,26-,27+/m0/s1. The van der Waals surface area contributed by atoms with Gasteiger partial charge >= 0.3 is 5.97 Å². The molecule has 4 fully saturated rings. The van der Waals surface area contributed by atoms with Gasteiger partial charge in [-0.3, -0.25) is 4.68 Å². The maximum atomic E-state index is 11.2. The highest BCUT2D eigenvalue weighted by molar-refractivity contribution is 5.86. The Bertz CT molecular complexity index is 920. The molecule has 1 aromatic heterocycles. The highest BCUT2D eigenvalue weighted by Gasteiger charge is 2.61. The van der Waals surface area contributed by atoms with Gasteiger partial charge in [0.1, 0.15) is 0 Å². The Morgan fingerprint density at radius 3 is 2.56 bits per heavy atom. The van der Waals surface area contributed by atoms with Crippen LogP contribution in [0.25, 0.3) is 0 Å². The first-order chi connectivity index (χ1) is 15.0. The van der Waals surface area contributed by atoms with Crippen LogP contribution >= 0.6 is 0 Å². The largest absolute Gasteiger partial charge is 0.478 e. The van der Waals surface area contributed by atoms with Crippen LogP contribution in [0.2, 0.25) is 0 Å². The summed E-state index contributed by atoms with van der Waals surface area (Å²) in [6, 6.07) is 0. The first kappa shape index (κ1) is 22.2. The molecule has 5 rings (SSSR count). The Morgan fingerprint density at radius 2 is 1.84 bits per heavy atom. The minimum absolute atomic E-state index is 0.241. The van der Waals surface area contributed by atoms with Crippen LogP contribution < -0.4 is 0 Å². The minimum atomic E-state index is -0.929. The van der Waals surface area contributed by atoms with E-state index in [0.717, 1.165) is 30.6 Å². The van der Waals surface area contributed by atoms with E-state index >= 15 is 0 Å². The molecule has 1 aromatic rings. The summed E-state index contributed by atoms with van der Waals surface area (Å²) < 4.78 is 1.74. The number of rotatable bonds is 4. The topological polar surface area (TPSA) is 75.4 Å². The van der Waals surface area contributed by atoms with Crippen molar-refractivity contribution in [3.05, 3.63) is 30.1 Å². The molecular formula is C27H40N2O3. The summed E-state index contributed by atoms with van der Waals surface area (Å²) in [6.07, 6.45) is 13.8. The van der Waals surface area contributed by atoms with Crippen LogP contribution in [-0.4, -0.2) is 31.6 Å². The lowest BCUT2D eigenvalue weighted by molar-refractivity contribution is -0.145. The zero-order chi connectivity index (χ0) is 22.9. The summed E-state index contributed by atoms with van der Waals surface area (Å²) in [6.45, 7) is 12.2. The number of carboxylic acids is 1. The van der Waals surface area contributed by atoms with Crippen LogP contribution in [0.3, 0.4) is 0 Å². The van der Waals surface area contributed by atoms with Gasteiger partial charge in [-0.05, 0) is 105 Å². The van der Waals surface area contributed by atoms with Crippen LogP contribution in [-0.2, 0) is 6.54 Å². The fourth-order valence-corrected chi connectivity index (χ4v) is 8.98.